The van der Waals surface area contributed by atoms with Gasteiger partial charge in [-0.3, -0.25) is 4.79 Å². The van der Waals surface area contributed by atoms with Crippen molar-refractivity contribution in [2.75, 3.05) is 33.4 Å². The molecule has 0 saturated carbocycles. The van der Waals surface area contributed by atoms with Crippen molar-refractivity contribution < 1.29 is 9.53 Å². The lowest BCUT2D eigenvalue weighted by Crippen LogP contribution is -2.36. The zero-order valence-electron chi connectivity index (χ0n) is 11.9. The van der Waals surface area contributed by atoms with Crippen LogP contribution in [-0.2, 0) is 11.2 Å². The first-order valence-electron chi connectivity index (χ1n) is 6.80. The average Bonchev–Trinajstić information content (AvgIpc) is 2.46. The van der Waals surface area contributed by atoms with Gasteiger partial charge in [-0.25, -0.2) is 0 Å². The molecule has 0 heterocycles. The van der Waals surface area contributed by atoms with Crippen LogP contribution in [0.2, 0.25) is 0 Å². The maximum atomic E-state index is 12.6. The van der Waals surface area contributed by atoms with E-state index in [4.69, 9.17) is 10.5 Å². The van der Waals surface area contributed by atoms with Crippen molar-refractivity contribution in [2.45, 2.75) is 19.8 Å². The Kier molecular flexibility index (Phi) is 7.15. The molecule has 0 aromatic heterocycles. The van der Waals surface area contributed by atoms with Crippen LogP contribution in [0, 0.1) is 0 Å². The Bertz CT molecular complexity index is 385. The highest BCUT2D eigenvalue weighted by Gasteiger charge is 2.17. The maximum Gasteiger partial charge on any atom is 0.254 e. The number of nitrogens with two attached hydrogens (primary N) is 1. The molecule has 0 fully saturated rings. The predicted octanol–water partition coefficient (Wildman–Crippen LogP) is 1.69. The first kappa shape index (κ1) is 15.7. The molecule has 1 amide bonds. The second-order valence-corrected chi connectivity index (χ2v) is 4.44. The first-order valence-corrected chi connectivity index (χ1v) is 6.80. The van der Waals surface area contributed by atoms with Gasteiger partial charge in [-0.2, -0.15) is 0 Å². The van der Waals surface area contributed by atoms with E-state index in [0.29, 0.717) is 26.2 Å². The van der Waals surface area contributed by atoms with Crippen LogP contribution in [0.4, 0.5) is 0 Å². The van der Waals surface area contributed by atoms with Gasteiger partial charge in [0.1, 0.15) is 0 Å². The molecular weight excluding hydrogens is 240 g/mol. The second kappa shape index (κ2) is 8.67. The lowest BCUT2D eigenvalue weighted by atomic mass is 10.0. The molecule has 0 spiro atoms. The smallest absolute Gasteiger partial charge is 0.254 e. The number of aryl methyl sites for hydroxylation is 1. The summed E-state index contributed by atoms with van der Waals surface area (Å²) in [4.78, 5) is 14.4. The number of ether oxygens (including phenoxy) is 1. The molecule has 0 bridgehead atoms. The summed E-state index contributed by atoms with van der Waals surface area (Å²) in [6.07, 6.45) is 1.67. The molecule has 0 saturated heterocycles. The fourth-order valence-electron chi connectivity index (χ4n) is 2.01. The number of carbonyl (C=O) groups excluding carboxylic acids is 1. The zero-order chi connectivity index (χ0) is 14.1. The molecule has 1 aromatic carbocycles. The number of amides is 1. The second-order valence-electron chi connectivity index (χ2n) is 4.44. The van der Waals surface area contributed by atoms with Crippen molar-refractivity contribution in [3.8, 4) is 0 Å². The minimum absolute atomic E-state index is 0.0722. The molecule has 1 aromatic rings. The molecule has 4 heteroatoms. The van der Waals surface area contributed by atoms with Crippen LogP contribution < -0.4 is 5.73 Å². The van der Waals surface area contributed by atoms with Crippen molar-refractivity contribution in [2.24, 2.45) is 5.73 Å². The van der Waals surface area contributed by atoms with Crippen LogP contribution in [0.25, 0.3) is 0 Å². The summed E-state index contributed by atoms with van der Waals surface area (Å²) in [5.41, 5.74) is 7.41. The molecule has 1 rings (SSSR count). The Hall–Kier alpha value is -1.39. The van der Waals surface area contributed by atoms with Crippen LogP contribution in [0.15, 0.2) is 24.3 Å². The number of hydrogen-bond acceptors (Lipinski definition) is 3. The highest BCUT2D eigenvalue weighted by Crippen LogP contribution is 2.12. The van der Waals surface area contributed by atoms with Crippen molar-refractivity contribution in [1.82, 2.24) is 4.90 Å². The van der Waals surface area contributed by atoms with E-state index in [1.54, 1.807) is 7.11 Å². The summed E-state index contributed by atoms with van der Waals surface area (Å²) in [6, 6.07) is 7.77. The van der Waals surface area contributed by atoms with Crippen molar-refractivity contribution >= 4 is 5.91 Å². The summed E-state index contributed by atoms with van der Waals surface area (Å²) in [7, 11) is 1.64. The van der Waals surface area contributed by atoms with Crippen LogP contribution >= 0.6 is 0 Å². The molecule has 0 atom stereocenters. The highest BCUT2D eigenvalue weighted by molar-refractivity contribution is 5.95. The molecule has 0 aliphatic carbocycles. The molecule has 106 valence electrons. The Morgan fingerprint density at radius 2 is 2.05 bits per heavy atom. The van der Waals surface area contributed by atoms with E-state index in [1.165, 1.54) is 0 Å². The van der Waals surface area contributed by atoms with Gasteiger partial charge in [0.05, 0.1) is 6.61 Å². The molecule has 19 heavy (non-hydrogen) atoms. The van der Waals surface area contributed by atoms with Gasteiger partial charge in [-0.15, -0.1) is 0 Å². The first-order chi connectivity index (χ1) is 9.24. The summed E-state index contributed by atoms with van der Waals surface area (Å²) >= 11 is 0. The lowest BCUT2D eigenvalue weighted by molar-refractivity contribution is 0.0693. The number of hydrogen-bond donors (Lipinski definition) is 1. The Morgan fingerprint density at radius 1 is 1.32 bits per heavy atom. The van der Waals surface area contributed by atoms with E-state index >= 15 is 0 Å². The highest BCUT2D eigenvalue weighted by atomic mass is 16.5. The van der Waals surface area contributed by atoms with Crippen LogP contribution in [0.5, 0.6) is 0 Å². The third-order valence-electron chi connectivity index (χ3n) is 3.11. The molecule has 4 nitrogen and oxygen atoms in total. The van der Waals surface area contributed by atoms with E-state index in [9.17, 15) is 4.79 Å². The quantitative estimate of drug-likeness (QED) is 0.777. The average molecular weight is 264 g/mol. The van der Waals surface area contributed by atoms with Gasteiger partial charge in [-0.05, 0) is 31.0 Å². The summed E-state index contributed by atoms with van der Waals surface area (Å²) in [5, 5.41) is 0. The predicted molar refractivity (Wildman–Crippen MR) is 77.3 cm³/mol. The fraction of sp³-hybridized carbons (Fsp3) is 0.533. The number of methoxy groups -OCH3 is 1. The molecule has 2 N–H and O–H groups in total. The molecule has 0 aliphatic rings. The SMILES string of the molecule is CCc1ccccc1C(=O)N(CCCN)CCOC. The summed E-state index contributed by atoms with van der Waals surface area (Å²) in [6.45, 7) is 4.48. The van der Waals surface area contributed by atoms with Gasteiger partial charge in [0.2, 0.25) is 0 Å². The van der Waals surface area contributed by atoms with Crippen molar-refractivity contribution in [3.05, 3.63) is 35.4 Å². The largest absolute Gasteiger partial charge is 0.383 e. The monoisotopic (exact) mass is 264 g/mol. The fourth-order valence-corrected chi connectivity index (χ4v) is 2.01. The zero-order valence-corrected chi connectivity index (χ0v) is 11.9. The van der Waals surface area contributed by atoms with Gasteiger partial charge in [-0.1, -0.05) is 25.1 Å². The number of benzene rings is 1. The Balaban J connectivity index is 2.84. The Labute approximate surface area is 115 Å². The van der Waals surface area contributed by atoms with Crippen molar-refractivity contribution in [3.63, 3.8) is 0 Å². The van der Waals surface area contributed by atoms with E-state index in [0.717, 1.165) is 24.0 Å². The van der Waals surface area contributed by atoms with E-state index in [-0.39, 0.29) is 5.91 Å². The summed E-state index contributed by atoms with van der Waals surface area (Å²) < 4.78 is 5.07. The number of rotatable bonds is 8. The molecule has 0 aliphatic heterocycles. The summed E-state index contributed by atoms with van der Waals surface area (Å²) in [5.74, 6) is 0.0722. The maximum absolute atomic E-state index is 12.6. The molecular formula is C15H24N2O2. The van der Waals surface area contributed by atoms with Crippen LogP contribution in [0.1, 0.15) is 29.3 Å². The van der Waals surface area contributed by atoms with Gasteiger partial charge in [0.25, 0.3) is 5.91 Å². The van der Waals surface area contributed by atoms with Gasteiger partial charge >= 0.3 is 0 Å². The van der Waals surface area contributed by atoms with Gasteiger partial charge in [0, 0.05) is 25.8 Å². The molecule has 0 radical (unpaired) electrons. The van der Waals surface area contributed by atoms with Gasteiger partial charge < -0.3 is 15.4 Å². The Morgan fingerprint density at radius 3 is 2.68 bits per heavy atom. The number of nitrogens with zero attached hydrogens (tertiary/aromatic N) is 1. The van der Waals surface area contributed by atoms with Crippen LogP contribution in [-0.4, -0.2) is 44.2 Å². The van der Waals surface area contributed by atoms with E-state index < -0.39 is 0 Å². The normalized spacial score (nSPS) is 10.5. The standard InChI is InChI=1S/C15H24N2O2/c1-3-13-7-4-5-8-14(13)15(18)17(10-6-9-16)11-12-19-2/h4-5,7-8H,3,6,9-12,16H2,1-2H3. The van der Waals surface area contributed by atoms with Crippen molar-refractivity contribution in [1.29, 1.82) is 0 Å². The lowest BCUT2D eigenvalue weighted by Gasteiger charge is -2.23. The van der Waals surface area contributed by atoms with E-state index in [1.807, 2.05) is 29.2 Å². The number of carbonyl (C=O) groups is 1. The van der Waals surface area contributed by atoms with Gasteiger partial charge in [0.15, 0.2) is 0 Å². The van der Waals surface area contributed by atoms with E-state index in [2.05, 4.69) is 6.92 Å². The molecule has 0 unspecified atom stereocenters. The minimum atomic E-state index is 0.0722. The minimum Gasteiger partial charge on any atom is -0.383 e. The topological polar surface area (TPSA) is 55.6 Å². The third-order valence-corrected chi connectivity index (χ3v) is 3.11. The van der Waals surface area contributed by atoms with Crippen LogP contribution in [0.3, 0.4) is 0 Å². The third kappa shape index (κ3) is 4.65.